The molecule has 2 heteroatoms. The van der Waals surface area contributed by atoms with Crippen molar-refractivity contribution in [3.05, 3.63) is 76.3 Å². The molecule has 0 saturated carbocycles. The van der Waals surface area contributed by atoms with Crippen molar-refractivity contribution in [3.8, 4) is 5.69 Å². The number of fused-ring (bicyclic) bond motifs is 5. The zero-order valence-corrected chi connectivity index (χ0v) is 14.7. The number of rotatable bonds is 0. The Labute approximate surface area is 143 Å². The third-order valence-corrected chi connectivity index (χ3v) is 5.92. The lowest BCUT2D eigenvalue weighted by Gasteiger charge is -2.34. The van der Waals surface area contributed by atoms with Gasteiger partial charge < -0.3 is 4.57 Å². The fourth-order valence-electron chi connectivity index (χ4n) is 4.15. The zero-order chi connectivity index (χ0) is 15.8. The Balaban J connectivity index is 2.17. The molecular weight excluding hydrogens is 346 g/mol. The highest BCUT2D eigenvalue weighted by atomic mass is 79.9. The van der Waals surface area contributed by atoms with E-state index in [2.05, 4.69) is 95.0 Å². The van der Waals surface area contributed by atoms with E-state index < -0.39 is 0 Å². The van der Waals surface area contributed by atoms with Crippen molar-refractivity contribution in [1.82, 2.24) is 4.57 Å². The molecule has 1 aliphatic rings. The lowest BCUT2D eigenvalue weighted by atomic mass is 9.75. The van der Waals surface area contributed by atoms with Crippen LogP contribution in [-0.4, -0.2) is 4.57 Å². The van der Waals surface area contributed by atoms with Crippen LogP contribution in [0.4, 0.5) is 0 Å². The Hall–Kier alpha value is -2.06. The minimum absolute atomic E-state index is 0.0000798. The fourth-order valence-corrected chi connectivity index (χ4v) is 4.69. The van der Waals surface area contributed by atoms with E-state index in [-0.39, 0.29) is 5.41 Å². The monoisotopic (exact) mass is 361 g/mol. The highest BCUT2D eigenvalue weighted by Gasteiger charge is 2.35. The molecule has 0 spiro atoms. The molecule has 0 amide bonds. The van der Waals surface area contributed by atoms with Gasteiger partial charge in [-0.15, -0.1) is 0 Å². The van der Waals surface area contributed by atoms with Gasteiger partial charge in [0.25, 0.3) is 0 Å². The molecule has 0 saturated heterocycles. The second kappa shape index (κ2) is 4.27. The van der Waals surface area contributed by atoms with E-state index >= 15 is 0 Å². The van der Waals surface area contributed by atoms with Gasteiger partial charge in [0.2, 0.25) is 0 Å². The van der Waals surface area contributed by atoms with Crippen LogP contribution in [0.1, 0.15) is 25.0 Å². The molecule has 2 heterocycles. The average molecular weight is 362 g/mol. The summed E-state index contributed by atoms with van der Waals surface area (Å²) in [5.74, 6) is 0. The Morgan fingerprint density at radius 3 is 2.43 bits per heavy atom. The fraction of sp³-hybridized carbons (Fsp3) is 0.143. The van der Waals surface area contributed by atoms with Crippen LogP contribution in [-0.2, 0) is 5.41 Å². The average Bonchev–Trinajstić information content (AvgIpc) is 2.90. The van der Waals surface area contributed by atoms with Gasteiger partial charge in [-0.25, -0.2) is 0 Å². The molecule has 5 rings (SSSR count). The summed E-state index contributed by atoms with van der Waals surface area (Å²) in [4.78, 5) is 0. The maximum Gasteiger partial charge on any atom is 0.0593 e. The number of nitrogens with zero attached hydrogens (tertiary/aromatic N) is 1. The molecule has 3 aromatic carbocycles. The Kier molecular flexibility index (Phi) is 2.48. The van der Waals surface area contributed by atoms with Crippen molar-refractivity contribution in [2.45, 2.75) is 19.3 Å². The van der Waals surface area contributed by atoms with Crippen LogP contribution >= 0.6 is 15.9 Å². The van der Waals surface area contributed by atoms with E-state index in [1.54, 1.807) is 0 Å². The molecule has 0 unspecified atom stereocenters. The highest BCUT2D eigenvalue weighted by molar-refractivity contribution is 9.10. The molecule has 0 fully saturated rings. The normalized spacial score (nSPS) is 15.1. The summed E-state index contributed by atoms with van der Waals surface area (Å²) in [6, 6.07) is 22.0. The first-order valence-corrected chi connectivity index (χ1v) is 8.72. The largest absolute Gasteiger partial charge is 0.309 e. The number of para-hydroxylation sites is 2. The van der Waals surface area contributed by atoms with Gasteiger partial charge in [-0.1, -0.05) is 72.2 Å². The molecule has 0 radical (unpaired) electrons. The molecule has 112 valence electrons. The Bertz CT molecular complexity index is 1100. The van der Waals surface area contributed by atoms with Crippen molar-refractivity contribution >= 4 is 37.7 Å². The van der Waals surface area contributed by atoms with Crippen LogP contribution in [0.2, 0.25) is 0 Å². The second-order valence-electron chi connectivity index (χ2n) is 6.81. The summed E-state index contributed by atoms with van der Waals surface area (Å²) in [5.41, 5.74) is 6.69. The maximum atomic E-state index is 3.78. The van der Waals surface area contributed by atoms with Crippen molar-refractivity contribution in [2.24, 2.45) is 0 Å². The van der Waals surface area contributed by atoms with E-state index in [9.17, 15) is 0 Å². The van der Waals surface area contributed by atoms with Crippen LogP contribution in [0.25, 0.3) is 27.5 Å². The second-order valence-corrected chi connectivity index (χ2v) is 7.67. The number of hydrogen-bond donors (Lipinski definition) is 0. The standard InChI is InChI=1S/C21H16BrN/c1-21(2)14-8-4-6-10-18(14)23-17-9-5-3-7-13(17)19-16(22)12-11-15(21)20(19)23/h3-12H,1-2H3. The molecule has 0 bridgehead atoms. The first-order chi connectivity index (χ1) is 11.1. The lowest BCUT2D eigenvalue weighted by molar-refractivity contribution is 0.630. The van der Waals surface area contributed by atoms with Gasteiger partial charge in [0, 0.05) is 20.7 Å². The molecule has 0 aliphatic carbocycles. The minimum Gasteiger partial charge on any atom is -0.309 e. The van der Waals surface area contributed by atoms with Crippen molar-refractivity contribution in [2.75, 3.05) is 0 Å². The van der Waals surface area contributed by atoms with E-state index in [0.29, 0.717) is 0 Å². The zero-order valence-electron chi connectivity index (χ0n) is 13.1. The van der Waals surface area contributed by atoms with E-state index in [4.69, 9.17) is 0 Å². The smallest absolute Gasteiger partial charge is 0.0593 e. The third kappa shape index (κ3) is 1.52. The molecule has 4 aromatic rings. The topological polar surface area (TPSA) is 4.93 Å². The number of aromatic nitrogens is 1. The van der Waals surface area contributed by atoms with E-state index in [0.717, 1.165) is 0 Å². The summed E-state index contributed by atoms with van der Waals surface area (Å²) in [5, 5.41) is 2.63. The van der Waals surface area contributed by atoms with Gasteiger partial charge in [-0.05, 0) is 29.3 Å². The quantitative estimate of drug-likeness (QED) is 0.352. The van der Waals surface area contributed by atoms with Gasteiger partial charge in [-0.3, -0.25) is 0 Å². The van der Waals surface area contributed by atoms with Gasteiger partial charge in [0.1, 0.15) is 0 Å². The predicted octanol–water partition coefficient (Wildman–Crippen LogP) is 6.19. The van der Waals surface area contributed by atoms with Gasteiger partial charge in [0.15, 0.2) is 0 Å². The number of hydrogen-bond acceptors (Lipinski definition) is 0. The number of halogens is 1. The number of benzene rings is 3. The van der Waals surface area contributed by atoms with Crippen LogP contribution in [0, 0.1) is 0 Å². The molecule has 23 heavy (non-hydrogen) atoms. The summed E-state index contributed by atoms with van der Waals surface area (Å²) < 4.78 is 3.60. The third-order valence-electron chi connectivity index (χ3n) is 5.26. The highest BCUT2D eigenvalue weighted by Crippen LogP contribution is 2.48. The lowest BCUT2D eigenvalue weighted by Crippen LogP contribution is -2.26. The SMILES string of the molecule is CC1(C)c2ccccc2-n2c3ccccc3c3c(Br)ccc1c32. The predicted molar refractivity (Wildman–Crippen MR) is 101 cm³/mol. The maximum absolute atomic E-state index is 3.78. The molecule has 1 aromatic heterocycles. The molecular formula is C21H16BrN. The molecule has 0 atom stereocenters. The van der Waals surface area contributed by atoms with Crippen molar-refractivity contribution < 1.29 is 0 Å². The molecule has 1 aliphatic heterocycles. The summed E-state index contributed by atoms with van der Waals surface area (Å²) in [7, 11) is 0. The van der Waals surface area contributed by atoms with E-state index in [1.807, 2.05) is 0 Å². The first kappa shape index (κ1) is 13.4. The summed E-state index contributed by atoms with van der Waals surface area (Å²) in [6.45, 7) is 4.66. The summed E-state index contributed by atoms with van der Waals surface area (Å²) in [6.07, 6.45) is 0. The Morgan fingerprint density at radius 1 is 0.826 bits per heavy atom. The van der Waals surface area contributed by atoms with Crippen LogP contribution in [0.15, 0.2) is 65.1 Å². The Morgan fingerprint density at radius 2 is 1.57 bits per heavy atom. The van der Waals surface area contributed by atoms with Crippen LogP contribution in [0.5, 0.6) is 0 Å². The van der Waals surface area contributed by atoms with Gasteiger partial charge in [0.05, 0.1) is 16.7 Å². The van der Waals surface area contributed by atoms with Crippen molar-refractivity contribution in [3.63, 3.8) is 0 Å². The molecule has 1 nitrogen and oxygen atoms in total. The van der Waals surface area contributed by atoms with Gasteiger partial charge >= 0.3 is 0 Å². The first-order valence-electron chi connectivity index (χ1n) is 7.93. The van der Waals surface area contributed by atoms with E-state index in [1.165, 1.54) is 43.1 Å². The van der Waals surface area contributed by atoms with Crippen molar-refractivity contribution in [1.29, 1.82) is 0 Å². The van der Waals surface area contributed by atoms with Gasteiger partial charge in [-0.2, -0.15) is 0 Å². The summed E-state index contributed by atoms with van der Waals surface area (Å²) >= 11 is 3.78. The van der Waals surface area contributed by atoms with Crippen LogP contribution < -0.4 is 0 Å². The minimum atomic E-state index is -0.0000798. The van der Waals surface area contributed by atoms with Crippen LogP contribution in [0.3, 0.4) is 0 Å². The molecule has 0 N–H and O–H groups in total.